The molecule has 0 radical (unpaired) electrons. The van der Waals surface area contributed by atoms with E-state index in [4.69, 9.17) is 4.74 Å². The zero-order valence-corrected chi connectivity index (χ0v) is 18.5. The van der Waals surface area contributed by atoms with Gasteiger partial charge in [-0.3, -0.25) is 14.9 Å². The summed E-state index contributed by atoms with van der Waals surface area (Å²) in [5.74, 6) is 0.0611. The van der Waals surface area contributed by atoms with E-state index < -0.39 is 0 Å². The Balaban J connectivity index is 1.66. The summed E-state index contributed by atoms with van der Waals surface area (Å²) in [7, 11) is 1.76. The summed E-state index contributed by atoms with van der Waals surface area (Å²) in [5, 5.41) is 8.09. The van der Waals surface area contributed by atoms with E-state index in [1.165, 1.54) is 12.1 Å². The molecule has 6 nitrogen and oxygen atoms in total. The number of halogens is 1. The minimum Gasteiger partial charge on any atom is -0.493 e. The molecule has 0 bridgehead atoms. The average Bonchev–Trinajstić information content (AvgIpc) is 3.29. The van der Waals surface area contributed by atoms with Crippen LogP contribution in [0.2, 0.25) is 0 Å². The lowest BCUT2D eigenvalue weighted by Gasteiger charge is -2.26. The molecule has 4 aromatic rings. The number of rotatable bonds is 6. The number of aromatic nitrogens is 3. The van der Waals surface area contributed by atoms with Crippen molar-refractivity contribution in [2.24, 2.45) is 0 Å². The Bertz CT molecular complexity index is 1280. The molecule has 0 fully saturated rings. The van der Waals surface area contributed by atoms with Crippen LogP contribution in [0.3, 0.4) is 0 Å². The highest BCUT2D eigenvalue weighted by Gasteiger charge is 2.23. The largest absolute Gasteiger partial charge is 0.493 e. The second-order valence-corrected chi connectivity index (χ2v) is 7.70. The molecule has 0 aliphatic carbocycles. The van der Waals surface area contributed by atoms with Gasteiger partial charge in [0.15, 0.2) is 0 Å². The van der Waals surface area contributed by atoms with Gasteiger partial charge in [-0.1, -0.05) is 12.1 Å². The van der Waals surface area contributed by atoms with Gasteiger partial charge in [0.1, 0.15) is 11.6 Å². The van der Waals surface area contributed by atoms with E-state index in [1.54, 1.807) is 48.6 Å². The van der Waals surface area contributed by atoms with E-state index >= 15 is 0 Å². The average molecular weight is 432 g/mol. The summed E-state index contributed by atoms with van der Waals surface area (Å²) < 4.78 is 19.5. The fourth-order valence-corrected chi connectivity index (χ4v) is 3.81. The maximum atomic E-state index is 13.7. The lowest BCUT2D eigenvalue weighted by Crippen LogP contribution is -2.30. The molecule has 1 amide bonds. The van der Waals surface area contributed by atoms with E-state index in [9.17, 15) is 9.18 Å². The number of nitrogens with one attached hydrogen (secondary N) is 1. The zero-order valence-electron chi connectivity index (χ0n) is 18.5. The number of benzene rings is 2. The van der Waals surface area contributed by atoms with Crippen LogP contribution < -0.4 is 4.74 Å². The molecule has 2 aromatic heterocycles. The number of carbonyl (C=O) groups is 1. The fourth-order valence-electron chi connectivity index (χ4n) is 3.81. The van der Waals surface area contributed by atoms with E-state index in [-0.39, 0.29) is 17.8 Å². The van der Waals surface area contributed by atoms with Crippen LogP contribution >= 0.6 is 0 Å². The monoisotopic (exact) mass is 432 g/mol. The number of carbonyl (C=O) groups excluding carboxylic acids is 1. The highest BCUT2D eigenvalue weighted by atomic mass is 19.1. The molecule has 0 aliphatic rings. The lowest BCUT2D eigenvalue weighted by atomic mass is 10.0. The van der Waals surface area contributed by atoms with Crippen LogP contribution in [0.15, 0.2) is 54.9 Å². The van der Waals surface area contributed by atoms with Crippen LogP contribution in [0.4, 0.5) is 4.39 Å². The Morgan fingerprint density at radius 3 is 2.78 bits per heavy atom. The Hall–Kier alpha value is -3.74. The maximum Gasteiger partial charge on any atom is 0.254 e. The molecular weight excluding hydrogens is 407 g/mol. The smallest absolute Gasteiger partial charge is 0.254 e. The molecule has 2 aromatic carbocycles. The van der Waals surface area contributed by atoms with Gasteiger partial charge < -0.3 is 9.64 Å². The predicted molar refractivity (Wildman–Crippen MR) is 122 cm³/mol. The fraction of sp³-hybridized carbons (Fsp3) is 0.240. The Morgan fingerprint density at radius 1 is 1.22 bits per heavy atom. The molecule has 1 N–H and O–H groups in total. The summed E-state index contributed by atoms with van der Waals surface area (Å²) >= 11 is 0. The van der Waals surface area contributed by atoms with Crippen molar-refractivity contribution >= 4 is 16.8 Å². The molecule has 7 heteroatoms. The molecular formula is C25H25FN4O2. The van der Waals surface area contributed by atoms with Gasteiger partial charge in [-0.05, 0) is 56.7 Å². The first-order valence-corrected chi connectivity index (χ1v) is 10.5. The predicted octanol–water partition coefficient (Wildman–Crippen LogP) is 5.30. The molecule has 0 unspecified atom stereocenters. The number of pyridine rings is 1. The summed E-state index contributed by atoms with van der Waals surface area (Å²) in [6.07, 6.45) is 3.53. The standard InChI is InChI=1S/C25H25FN4O2/c1-5-32-23-12-18(9-10-20(23)17-7-6-8-19(26)11-17)25(31)30(4)16(3)22-13-27-15(2)21-14-28-29-24(21)22/h6-14,16H,5H2,1-4H3,(H,28,29)/t16-/m1/s1. The maximum absolute atomic E-state index is 13.7. The first-order chi connectivity index (χ1) is 15.4. The number of aryl methyl sites for hydroxylation is 1. The van der Waals surface area contributed by atoms with Crippen molar-refractivity contribution in [3.05, 3.63) is 77.5 Å². The number of hydrogen-bond acceptors (Lipinski definition) is 4. The molecule has 0 saturated carbocycles. The van der Waals surface area contributed by atoms with Gasteiger partial charge in [-0.15, -0.1) is 0 Å². The molecule has 32 heavy (non-hydrogen) atoms. The minimum absolute atomic E-state index is 0.155. The number of hydrogen-bond donors (Lipinski definition) is 1. The summed E-state index contributed by atoms with van der Waals surface area (Å²) in [4.78, 5) is 19.4. The second-order valence-electron chi connectivity index (χ2n) is 7.70. The molecule has 1 atom stereocenters. The minimum atomic E-state index is -0.324. The number of amides is 1. The normalized spacial score (nSPS) is 12.0. The Labute approximate surface area is 186 Å². The van der Waals surface area contributed by atoms with Crippen LogP contribution in [0.5, 0.6) is 5.75 Å². The Morgan fingerprint density at radius 2 is 2.03 bits per heavy atom. The van der Waals surface area contributed by atoms with Crippen molar-refractivity contribution in [1.82, 2.24) is 20.1 Å². The highest BCUT2D eigenvalue weighted by molar-refractivity contribution is 5.96. The van der Waals surface area contributed by atoms with Gasteiger partial charge in [0.2, 0.25) is 0 Å². The number of ether oxygens (including phenoxy) is 1. The first-order valence-electron chi connectivity index (χ1n) is 10.5. The Kier molecular flexibility index (Phi) is 5.90. The molecule has 164 valence electrons. The van der Waals surface area contributed by atoms with Gasteiger partial charge in [-0.2, -0.15) is 5.10 Å². The molecule has 0 saturated heterocycles. The van der Waals surface area contributed by atoms with Crippen LogP contribution in [-0.2, 0) is 0 Å². The summed E-state index contributed by atoms with van der Waals surface area (Å²) in [6, 6.07) is 11.3. The number of H-pyrrole nitrogens is 1. The summed E-state index contributed by atoms with van der Waals surface area (Å²) in [6.45, 7) is 6.18. The van der Waals surface area contributed by atoms with Crippen molar-refractivity contribution in [3.63, 3.8) is 0 Å². The third-order valence-electron chi connectivity index (χ3n) is 5.73. The van der Waals surface area contributed by atoms with Crippen LogP contribution in [0, 0.1) is 12.7 Å². The van der Waals surface area contributed by atoms with Gasteiger partial charge >= 0.3 is 0 Å². The summed E-state index contributed by atoms with van der Waals surface area (Å²) in [5.41, 5.74) is 4.57. The van der Waals surface area contributed by atoms with Crippen molar-refractivity contribution < 1.29 is 13.9 Å². The molecule has 2 heterocycles. The highest BCUT2D eigenvalue weighted by Crippen LogP contribution is 2.33. The zero-order chi connectivity index (χ0) is 22.8. The van der Waals surface area contributed by atoms with E-state index in [0.29, 0.717) is 23.5 Å². The number of fused-ring (bicyclic) bond motifs is 1. The van der Waals surface area contributed by atoms with E-state index in [1.807, 2.05) is 26.8 Å². The third kappa shape index (κ3) is 3.93. The second kappa shape index (κ2) is 8.78. The van der Waals surface area contributed by atoms with Gasteiger partial charge in [-0.25, -0.2) is 4.39 Å². The lowest BCUT2D eigenvalue weighted by molar-refractivity contribution is 0.0743. The molecule has 0 spiro atoms. The van der Waals surface area contributed by atoms with Crippen molar-refractivity contribution in [1.29, 1.82) is 0 Å². The molecule has 4 rings (SSSR count). The van der Waals surface area contributed by atoms with E-state index in [0.717, 1.165) is 27.7 Å². The van der Waals surface area contributed by atoms with Crippen molar-refractivity contribution in [2.75, 3.05) is 13.7 Å². The topological polar surface area (TPSA) is 71.1 Å². The first kappa shape index (κ1) is 21.5. The SMILES string of the molecule is CCOc1cc(C(=O)N(C)[C@H](C)c2cnc(C)c3cn[nH]c23)ccc1-c1cccc(F)c1. The number of aromatic amines is 1. The van der Waals surface area contributed by atoms with Crippen molar-refractivity contribution in [2.45, 2.75) is 26.8 Å². The number of nitrogens with zero attached hydrogens (tertiary/aromatic N) is 3. The molecule has 0 aliphatic heterocycles. The van der Waals surface area contributed by atoms with Gasteiger partial charge in [0.25, 0.3) is 5.91 Å². The van der Waals surface area contributed by atoms with Gasteiger partial charge in [0.05, 0.1) is 24.4 Å². The van der Waals surface area contributed by atoms with Crippen molar-refractivity contribution in [3.8, 4) is 16.9 Å². The van der Waals surface area contributed by atoms with Crippen LogP contribution in [-0.4, -0.2) is 39.6 Å². The quantitative estimate of drug-likeness (QED) is 0.449. The van der Waals surface area contributed by atoms with Gasteiger partial charge in [0, 0.05) is 41.0 Å². The van der Waals surface area contributed by atoms with E-state index in [2.05, 4.69) is 15.2 Å². The van der Waals surface area contributed by atoms with Crippen LogP contribution in [0.1, 0.15) is 41.5 Å². The van der Waals surface area contributed by atoms with Crippen LogP contribution in [0.25, 0.3) is 22.0 Å². The third-order valence-corrected chi connectivity index (χ3v) is 5.73.